The van der Waals surface area contributed by atoms with Crippen molar-refractivity contribution in [1.29, 1.82) is 0 Å². The van der Waals surface area contributed by atoms with E-state index in [2.05, 4.69) is 39.1 Å². The summed E-state index contributed by atoms with van der Waals surface area (Å²) in [5.41, 5.74) is 10.5. The monoisotopic (exact) mass is 471 g/mol. The van der Waals surface area contributed by atoms with E-state index in [4.69, 9.17) is 17.3 Å². The Labute approximate surface area is 204 Å². The molecule has 1 fully saturated rings. The van der Waals surface area contributed by atoms with Crippen LogP contribution in [0.15, 0.2) is 79.1 Å². The van der Waals surface area contributed by atoms with Gasteiger partial charge < -0.3 is 15.5 Å². The molecule has 7 heteroatoms. The molecule has 1 amide bonds. The van der Waals surface area contributed by atoms with E-state index in [1.54, 1.807) is 6.33 Å². The number of carbonyl (C=O) groups excluding carboxylic acids is 1. The van der Waals surface area contributed by atoms with E-state index in [9.17, 15) is 4.79 Å². The molecular formula is C27H26ClN5O. The van der Waals surface area contributed by atoms with Crippen LogP contribution in [-0.2, 0) is 11.2 Å². The first kappa shape index (κ1) is 22.3. The second-order valence-corrected chi connectivity index (χ2v) is 8.98. The number of aromatic nitrogens is 2. The van der Waals surface area contributed by atoms with Gasteiger partial charge in [0.15, 0.2) is 0 Å². The van der Waals surface area contributed by atoms with Gasteiger partial charge in [-0.05, 0) is 47.4 Å². The number of hydrogen-bond acceptors (Lipinski definition) is 5. The lowest BCUT2D eigenvalue weighted by molar-refractivity contribution is -0.132. The number of nitrogens with zero attached hydrogens (tertiary/aromatic N) is 4. The number of hydrogen-bond donors (Lipinski definition) is 1. The van der Waals surface area contributed by atoms with Crippen LogP contribution in [-0.4, -0.2) is 53.0 Å². The van der Waals surface area contributed by atoms with Crippen LogP contribution in [0.1, 0.15) is 5.56 Å². The highest BCUT2D eigenvalue weighted by Gasteiger charge is 2.26. The molecule has 172 valence electrons. The fraction of sp³-hybridized carbons (Fsp3) is 0.222. The van der Waals surface area contributed by atoms with Crippen molar-refractivity contribution in [2.45, 2.75) is 12.5 Å². The Hall–Kier alpha value is -3.48. The molecule has 0 bridgehead atoms. The predicted octanol–water partition coefficient (Wildman–Crippen LogP) is 4.17. The molecule has 1 aliphatic heterocycles. The average molecular weight is 472 g/mol. The number of rotatable bonds is 5. The SMILES string of the molecule is N[C@H](Cc1ccc(Cl)cc1)C(=O)N1CCN(c2ncnc3ccc(-c4ccccc4)cc23)CC1. The van der Waals surface area contributed by atoms with E-state index in [1.165, 1.54) is 0 Å². The topological polar surface area (TPSA) is 75.4 Å². The molecule has 5 rings (SSSR count). The Kier molecular flexibility index (Phi) is 6.43. The van der Waals surface area contributed by atoms with Crippen LogP contribution in [0.3, 0.4) is 0 Å². The lowest BCUT2D eigenvalue weighted by Gasteiger charge is -2.36. The van der Waals surface area contributed by atoms with Gasteiger partial charge in [-0.2, -0.15) is 0 Å². The van der Waals surface area contributed by atoms with Crippen molar-refractivity contribution >= 4 is 34.2 Å². The summed E-state index contributed by atoms with van der Waals surface area (Å²) in [5.74, 6) is 0.883. The maximum absolute atomic E-state index is 13.0. The molecule has 1 aliphatic rings. The van der Waals surface area contributed by atoms with Gasteiger partial charge in [0.05, 0.1) is 11.6 Å². The summed E-state index contributed by atoms with van der Waals surface area (Å²) < 4.78 is 0. The van der Waals surface area contributed by atoms with Crippen molar-refractivity contribution in [3.05, 3.63) is 89.7 Å². The second-order valence-electron chi connectivity index (χ2n) is 8.54. The fourth-order valence-corrected chi connectivity index (χ4v) is 4.57. The summed E-state index contributed by atoms with van der Waals surface area (Å²) >= 11 is 5.95. The van der Waals surface area contributed by atoms with Crippen molar-refractivity contribution < 1.29 is 4.79 Å². The van der Waals surface area contributed by atoms with Crippen molar-refractivity contribution in [3.63, 3.8) is 0 Å². The van der Waals surface area contributed by atoms with Crippen LogP contribution in [0, 0.1) is 0 Å². The lowest BCUT2D eigenvalue weighted by Crippen LogP contribution is -2.53. The number of nitrogens with two attached hydrogens (primary N) is 1. The van der Waals surface area contributed by atoms with Gasteiger partial charge >= 0.3 is 0 Å². The van der Waals surface area contributed by atoms with Gasteiger partial charge in [-0.15, -0.1) is 0 Å². The third-order valence-electron chi connectivity index (χ3n) is 6.30. The van der Waals surface area contributed by atoms with E-state index in [-0.39, 0.29) is 5.91 Å². The zero-order valence-corrected chi connectivity index (χ0v) is 19.5. The molecule has 2 N–H and O–H groups in total. The molecular weight excluding hydrogens is 446 g/mol. The molecule has 1 aromatic heterocycles. The van der Waals surface area contributed by atoms with E-state index in [0.717, 1.165) is 33.4 Å². The smallest absolute Gasteiger partial charge is 0.239 e. The van der Waals surface area contributed by atoms with Gasteiger partial charge in [0.25, 0.3) is 0 Å². The van der Waals surface area contributed by atoms with Gasteiger partial charge in [0.2, 0.25) is 5.91 Å². The van der Waals surface area contributed by atoms with Crippen molar-refractivity contribution in [3.8, 4) is 11.1 Å². The molecule has 34 heavy (non-hydrogen) atoms. The number of anilines is 1. The maximum Gasteiger partial charge on any atom is 0.239 e. The van der Waals surface area contributed by atoms with Gasteiger partial charge in [-0.3, -0.25) is 4.79 Å². The van der Waals surface area contributed by atoms with Crippen molar-refractivity contribution in [1.82, 2.24) is 14.9 Å². The standard InChI is InChI=1S/C27H26ClN5O/c28-22-9-6-19(7-10-22)16-24(29)27(34)33-14-12-32(13-15-33)26-23-17-21(20-4-2-1-3-5-20)8-11-25(23)30-18-31-26/h1-11,17-18,24H,12-16,29H2/t24-/m1/s1. The fourth-order valence-electron chi connectivity index (χ4n) is 4.44. The molecule has 2 heterocycles. The highest BCUT2D eigenvalue weighted by atomic mass is 35.5. The molecule has 0 saturated carbocycles. The van der Waals surface area contributed by atoms with Crippen LogP contribution in [0.25, 0.3) is 22.0 Å². The number of piperazine rings is 1. The number of halogens is 1. The predicted molar refractivity (Wildman–Crippen MR) is 137 cm³/mol. The quantitative estimate of drug-likeness (QED) is 0.473. The molecule has 0 aliphatic carbocycles. The average Bonchev–Trinajstić information content (AvgIpc) is 2.89. The van der Waals surface area contributed by atoms with Crippen molar-refractivity contribution in [2.75, 3.05) is 31.1 Å². The molecule has 3 aromatic carbocycles. The Morgan fingerprint density at radius 1 is 0.912 bits per heavy atom. The zero-order valence-electron chi connectivity index (χ0n) is 18.8. The van der Waals surface area contributed by atoms with Crippen LogP contribution in [0.4, 0.5) is 5.82 Å². The maximum atomic E-state index is 13.0. The van der Waals surface area contributed by atoms with E-state index in [1.807, 2.05) is 53.4 Å². The van der Waals surface area contributed by atoms with E-state index < -0.39 is 6.04 Å². The van der Waals surface area contributed by atoms with Gasteiger partial charge in [-0.1, -0.05) is 60.1 Å². The number of amides is 1. The Balaban J connectivity index is 1.29. The van der Waals surface area contributed by atoms with Crippen molar-refractivity contribution in [2.24, 2.45) is 5.73 Å². The summed E-state index contributed by atoms with van der Waals surface area (Å²) in [5, 5.41) is 1.69. The Bertz CT molecular complexity index is 1290. The van der Waals surface area contributed by atoms with Gasteiger partial charge in [0, 0.05) is 36.6 Å². The molecule has 0 radical (unpaired) electrons. The van der Waals surface area contributed by atoms with Gasteiger partial charge in [-0.25, -0.2) is 9.97 Å². The van der Waals surface area contributed by atoms with Crippen LogP contribution in [0.2, 0.25) is 5.02 Å². The van der Waals surface area contributed by atoms with Crippen LogP contribution in [0.5, 0.6) is 0 Å². The largest absolute Gasteiger partial charge is 0.352 e. The summed E-state index contributed by atoms with van der Waals surface area (Å²) in [6.07, 6.45) is 2.11. The van der Waals surface area contributed by atoms with Gasteiger partial charge in [0.1, 0.15) is 12.1 Å². The summed E-state index contributed by atoms with van der Waals surface area (Å²) in [6.45, 7) is 2.61. The molecule has 0 spiro atoms. The molecule has 4 aromatic rings. The molecule has 1 saturated heterocycles. The van der Waals surface area contributed by atoms with E-state index >= 15 is 0 Å². The van der Waals surface area contributed by atoms with Crippen LogP contribution < -0.4 is 10.6 Å². The normalized spacial score (nSPS) is 14.9. The van der Waals surface area contributed by atoms with E-state index in [0.29, 0.717) is 37.6 Å². The Morgan fingerprint density at radius 3 is 2.38 bits per heavy atom. The molecule has 6 nitrogen and oxygen atoms in total. The molecule has 0 unspecified atom stereocenters. The Morgan fingerprint density at radius 2 is 1.65 bits per heavy atom. The van der Waals surface area contributed by atoms with Crippen LogP contribution >= 0.6 is 11.6 Å². The first-order valence-electron chi connectivity index (χ1n) is 11.4. The third-order valence-corrected chi connectivity index (χ3v) is 6.55. The first-order chi connectivity index (χ1) is 16.6. The molecule has 1 atom stereocenters. The highest BCUT2D eigenvalue weighted by Crippen LogP contribution is 2.29. The number of benzene rings is 3. The third kappa shape index (κ3) is 4.74. The lowest BCUT2D eigenvalue weighted by atomic mass is 10.0. The second kappa shape index (κ2) is 9.79. The number of fused-ring (bicyclic) bond motifs is 1. The minimum absolute atomic E-state index is 0.0199. The minimum atomic E-state index is -0.568. The minimum Gasteiger partial charge on any atom is -0.352 e. The highest BCUT2D eigenvalue weighted by molar-refractivity contribution is 6.30. The summed E-state index contributed by atoms with van der Waals surface area (Å²) in [4.78, 5) is 26.1. The number of carbonyl (C=O) groups is 1. The summed E-state index contributed by atoms with van der Waals surface area (Å²) in [6, 6.07) is 23.5. The zero-order chi connectivity index (χ0) is 23.5. The first-order valence-corrected chi connectivity index (χ1v) is 11.8. The summed E-state index contributed by atoms with van der Waals surface area (Å²) in [7, 11) is 0.